The molecule has 1 heterocycles. The van der Waals surface area contributed by atoms with E-state index in [2.05, 4.69) is 26.6 Å². The summed E-state index contributed by atoms with van der Waals surface area (Å²) in [6.45, 7) is 7.55. The molecule has 0 aromatic carbocycles. The summed E-state index contributed by atoms with van der Waals surface area (Å²) in [6, 6.07) is -0.166. The summed E-state index contributed by atoms with van der Waals surface area (Å²) in [4.78, 5) is 22.8. The minimum absolute atomic E-state index is 0.0527. The van der Waals surface area contributed by atoms with E-state index in [1.807, 2.05) is 27.7 Å². The van der Waals surface area contributed by atoms with Gasteiger partial charge in [0.05, 0.1) is 23.5 Å². The number of alkyl halides is 1. The lowest BCUT2D eigenvalue weighted by molar-refractivity contribution is -0.194. The number of nitrogens with zero attached hydrogens (tertiary/aromatic N) is 1. The van der Waals surface area contributed by atoms with Crippen molar-refractivity contribution in [3.63, 3.8) is 0 Å². The van der Waals surface area contributed by atoms with Gasteiger partial charge in [0, 0.05) is 5.54 Å². The predicted octanol–water partition coefficient (Wildman–Crippen LogP) is 0.634. The maximum absolute atomic E-state index is 11.8. The van der Waals surface area contributed by atoms with Gasteiger partial charge in [0.1, 0.15) is 0 Å². The zero-order chi connectivity index (χ0) is 14.8. The molecule has 110 valence electrons. The third kappa shape index (κ3) is 3.67. The monoisotopic (exact) mass is 335 g/mol. The quantitative estimate of drug-likeness (QED) is 0.658. The average Bonchev–Trinajstić information content (AvgIpc) is 2.47. The molecule has 7 heteroatoms. The second-order valence-corrected chi connectivity index (χ2v) is 6.57. The Morgan fingerprint density at radius 3 is 2.32 bits per heavy atom. The van der Waals surface area contributed by atoms with E-state index >= 15 is 0 Å². The van der Waals surface area contributed by atoms with Crippen LogP contribution in [-0.2, 0) is 9.59 Å². The van der Waals surface area contributed by atoms with Crippen LogP contribution in [0.25, 0.3) is 0 Å². The molecule has 1 aliphatic heterocycles. The zero-order valence-electron chi connectivity index (χ0n) is 11.8. The minimum atomic E-state index is -0.543. The van der Waals surface area contributed by atoms with Crippen molar-refractivity contribution in [3.05, 3.63) is 0 Å². The Labute approximate surface area is 122 Å². The molecule has 2 amide bonds. The van der Waals surface area contributed by atoms with Gasteiger partial charge >= 0.3 is 0 Å². The van der Waals surface area contributed by atoms with Crippen molar-refractivity contribution in [2.24, 2.45) is 0 Å². The summed E-state index contributed by atoms with van der Waals surface area (Å²) in [5.74, 6) is -0.483. The minimum Gasteiger partial charge on any atom is -0.350 e. The highest BCUT2D eigenvalue weighted by atomic mass is 79.9. The van der Waals surface area contributed by atoms with E-state index in [4.69, 9.17) is 0 Å². The van der Waals surface area contributed by atoms with E-state index in [0.717, 1.165) is 0 Å². The fourth-order valence-electron chi connectivity index (χ4n) is 2.46. The molecular formula is C12H22BrN3O3. The molecule has 0 spiro atoms. The maximum atomic E-state index is 11.8. The van der Waals surface area contributed by atoms with Gasteiger partial charge in [0.15, 0.2) is 0 Å². The molecule has 0 unspecified atom stereocenters. The highest BCUT2D eigenvalue weighted by Gasteiger charge is 2.51. The van der Waals surface area contributed by atoms with Crippen LogP contribution in [0.15, 0.2) is 0 Å². The number of hydrogen-bond acceptors (Lipinski definition) is 4. The molecule has 0 bridgehead atoms. The van der Waals surface area contributed by atoms with E-state index in [-0.39, 0.29) is 35.3 Å². The fourth-order valence-corrected chi connectivity index (χ4v) is 2.66. The molecule has 0 radical (unpaired) electrons. The normalized spacial score (nSPS) is 25.1. The first kappa shape index (κ1) is 16.4. The number of amides is 2. The van der Waals surface area contributed by atoms with Gasteiger partial charge in [-0.05, 0) is 34.1 Å². The lowest BCUT2D eigenvalue weighted by atomic mass is 9.94. The number of halogens is 1. The van der Waals surface area contributed by atoms with Crippen LogP contribution in [-0.4, -0.2) is 51.1 Å². The maximum Gasteiger partial charge on any atom is 0.239 e. The number of nitrogens with one attached hydrogen (secondary N) is 2. The van der Waals surface area contributed by atoms with Gasteiger partial charge in [-0.1, -0.05) is 15.9 Å². The summed E-state index contributed by atoms with van der Waals surface area (Å²) in [7, 11) is 0. The lowest BCUT2D eigenvalue weighted by Crippen LogP contribution is -2.54. The molecule has 0 aliphatic carbocycles. The van der Waals surface area contributed by atoms with Gasteiger partial charge in [-0.3, -0.25) is 9.59 Å². The average molecular weight is 336 g/mol. The van der Waals surface area contributed by atoms with E-state index in [1.54, 1.807) is 0 Å². The van der Waals surface area contributed by atoms with Crippen molar-refractivity contribution in [1.82, 2.24) is 15.7 Å². The van der Waals surface area contributed by atoms with E-state index in [0.29, 0.717) is 6.42 Å². The van der Waals surface area contributed by atoms with Crippen LogP contribution in [0.1, 0.15) is 34.1 Å². The summed E-state index contributed by atoms with van der Waals surface area (Å²) in [5.41, 5.74) is -0.931. The SMILES string of the molecule is CC1(C)C[C@H](NC(=O)CNC(=O)CBr)C(C)(C)N1O. The molecule has 0 saturated carbocycles. The zero-order valence-corrected chi connectivity index (χ0v) is 13.4. The molecule has 6 nitrogen and oxygen atoms in total. The van der Waals surface area contributed by atoms with Crippen LogP contribution < -0.4 is 10.6 Å². The van der Waals surface area contributed by atoms with Crippen molar-refractivity contribution < 1.29 is 14.8 Å². The molecule has 1 atom stereocenters. The Balaban J connectivity index is 2.58. The molecule has 3 N–H and O–H groups in total. The molecule has 19 heavy (non-hydrogen) atoms. The third-order valence-electron chi connectivity index (χ3n) is 3.58. The number of carbonyl (C=O) groups excluding carboxylic acids is 2. The summed E-state index contributed by atoms with van der Waals surface area (Å²) < 4.78 is 0. The fraction of sp³-hybridized carbons (Fsp3) is 0.833. The van der Waals surface area contributed by atoms with Crippen molar-refractivity contribution in [2.75, 3.05) is 11.9 Å². The molecule has 1 fully saturated rings. The molecule has 1 rings (SSSR count). The van der Waals surface area contributed by atoms with Crippen molar-refractivity contribution in [1.29, 1.82) is 0 Å². The Morgan fingerprint density at radius 2 is 1.89 bits per heavy atom. The van der Waals surface area contributed by atoms with Crippen molar-refractivity contribution >= 4 is 27.7 Å². The first-order valence-corrected chi connectivity index (χ1v) is 7.34. The smallest absolute Gasteiger partial charge is 0.239 e. The van der Waals surface area contributed by atoms with Gasteiger partial charge in [0.2, 0.25) is 11.8 Å². The Morgan fingerprint density at radius 1 is 1.32 bits per heavy atom. The Bertz CT molecular complexity index is 371. The first-order valence-electron chi connectivity index (χ1n) is 6.22. The number of carbonyl (C=O) groups is 2. The topological polar surface area (TPSA) is 81.7 Å². The van der Waals surface area contributed by atoms with Crippen LogP contribution in [0, 0.1) is 0 Å². The molecule has 1 aliphatic rings. The first-order chi connectivity index (χ1) is 8.61. The van der Waals surface area contributed by atoms with Gasteiger partial charge in [-0.15, -0.1) is 0 Å². The van der Waals surface area contributed by atoms with Gasteiger partial charge in [-0.25, -0.2) is 0 Å². The second kappa shape index (κ2) is 5.76. The Kier molecular flexibility index (Phi) is 4.97. The van der Waals surface area contributed by atoms with Gasteiger partial charge in [0.25, 0.3) is 0 Å². The second-order valence-electron chi connectivity index (χ2n) is 6.01. The summed E-state index contributed by atoms with van der Waals surface area (Å²) in [6.07, 6.45) is 0.647. The number of hydroxylamine groups is 2. The summed E-state index contributed by atoms with van der Waals surface area (Å²) in [5, 5.41) is 17.0. The lowest BCUT2D eigenvalue weighted by Gasteiger charge is -2.35. The standard InChI is InChI=1S/C12H22BrN3O3/c1-11(2)5-8(12(3,4)16(11)19)15-10(18)7-14-9(17)6-13/h8,19H,5-7H2,1-4H3,(H,14,17)(H,15,18)/t8-/m0/s1. The van der Waals surface area contributed by atoms with Crippen LogP contribution >= 0.6 is 15.9 Å². The van der Waals surface area contributed by atoms with E-state index in [1.165, 1.54) is 5.06 Å². The molecular weight excluding hydrogens is 314 g/mol. The van der Waals surface area contributed by atoms with Crippen LogP contribution in [0.4, 0.5) is 0 Å². The number of rotatable bonds is 4. The number of hydrogen-bond donors (Lipinski definition) is 3. The molecule has 0 aromatic heterocycles. The van der Waals surface area contributed by atoms with Crippen LogP contribution in [0.3, 0.4) is 0 Å². The van der Waals surface area contributed by atoms with Crippen LogP contribution in [0.5, 0.6) is 0 Å². The Hall–Kier alpha value is -0.660. The van der Waals surface area contributed by atoms with Crippen molar-refractivity contribution in [2.45, 2.75) is 51.2 Å². The largest absolute Gasteiger partial charge is 0.350 e. The summed E-state index contributed by atoms with van der Waals surface area (Å²) >= 11 is 3.01. The third-order valence-corrected chi connectivity index (χ3v) is 4.09. The van der Waals surface area contributed by atoms with Gasteiger partial charge in [-0.2, -0.15) is 5.06 Å². The van der Waals surface area contributed by atoms with Crippen molar-refractivity contribution in [3.8, 4) is 0 Å². The molecule has 0 aromatic rings. The van der Waals surface area contributed by atoms with E-state index < -0.39 is 5.54 Å². The van der Waals surface area contributed by atoms with Gasteiger partial charge < -0.3 is 15.8 Å². The van der Waals surface area contributed by atoms with Crippen LogP contribution in [0.2, 0.25) is 0 Å². The highest BCUT2D eigenvalue weighted by molar-refractivity contribution is 9.09. The highest BCUT2D eigenvalue weighted by Crippen LogP contribution is 2.38. The van der Waals surface area contributed by atoms with E-state index in [9.17, 15) is 14.8 Å². The molecule has 1 saturated heterocycles. The predicted molar refractivity (Wildman–Crippen MR) is 75.1 cm³/mol.